The Labute approximate surface area is 175 Å². The first-order valence-corrected chi connectivity index (χ1v) is 10.1. The second-order valence-electron chi connectivity index (χ2n) is 7.36. The van der Waals surface area contributed by atoms with Gasteiger partial charge in [-0.1, -0.05) is 35.5 Å². The third kappa shape index (κ3) is 4.52. The van der Waals surface area contributed by atoms with Gasteiger partial charge in [0.25, 0.3) is 5.91 Å². The molecular weight excluding hydrogens is 382 g/mol. The number of amides is 1. The maximum atomic E-state index is 12.6. The van der Waals surface area contributed by atoms with Crippen molar-refractivity contribution in [2.24, 2.45) is 0 Å². The minimum absolute atomic E-state index is 0.111. The molecule has 3 aromatic rings. The van der Waals surface area contributed by atoms with E-state index in [1.807, 2.05) is 44.2 Å². The quantitative estimate of drug-likeness (QED) is 0.668. The van der Waals surface area contributed by atoms with E-state index in [0.29, 0.717) is 36.1 Å². The van der Waals surface area contributed by atoms with Gasteiger partial charge < -0.3 is 19.3 Å². The first-order valence-electron chi connectivity index (χ1n) is 10.1. The van der Waals surface area contributed by atoms with Gasteiger partial charge in [-0.3, -0.25) is 4.79 Å². The minimum Gasteiger partial charge on any atom is -0.473 e. The van der Waals surface area contributed by atoms with Crippen LogP contribution in [0.4, 0.5) is 0 Å². The SMILES string of the molecule is Cc1nc(OCc2c(-c3ccccc3)noc2C)ccc1C(=O)NC1CCOCC1. The molecule has 1 N–H and O–H groups in total. The normalized spacial score (nSPS) is 14.5. The van der Waals surface area contributed by atoms with Crippen molar-refractivity contribution < 1.29 is 18.8 Å². The van der Waals surface area contributed by atoms with Crippen molar-refractivity contribution in [1.29, 1.82) is 0 Å². The maximum Gasteiger partial charge on any atom is 0.253 e. The fourth-order valence-corrected chi connectivity index (χ4v) is 3.49. The van der Waals surface area contributed by atoms with Gasteiger partial charge in [-0.05, 0) is 32.8 Å². The fourth-order valence-electron chi connectivity index (χ4n) is 3.49. The second kappa shape index (κ2) is 9.09. The fraction of sp³-hybridized carbons (Fsp3) is 0.348. The summed E-state index contributed by atoms with van der Waals surface area (Å²) in [4.78, 5) is 17.0. The number of carbonyl (C=O) groups excluding carboxylic acids is 1. The lowest BCUT2D eigenvalue weighted by Crippen LogP contribution is -2.39. The Morgan fingerprint density at radius 3 is 2.63 bits per heavy atom. The summed E-state index contributed by atoms with van der Waals surface area (Å²) < 4.78 is 16.6. The number of pyridine rings is 1. The molecule has 1 fully saturated rings. The van der Waals surface area contributed by atoms with E-state index in [1.54, 1.807) is 12.1 Å². The largest absolute Gasteiger partial charge is 0.473 e. The van der Waals surface area contributed by atoms with Gasteiger partial charge in [-0.25, -0.2) is 4.98 Å². The highest BCUT2D eigenvalue weighted by atomic mass is 16.5. The Morgan fingerprint density at radius 2 is 1.90 bits per heavy atom. The van der Waals surface area contributed by atoms with Crippen molar-refractivity contribution in [2.75, 3.05) is 13.2 Å². The number of aromatic nitrogens is 2. The number of carbonyl (C=O) groups is 1. The van der Waals surface area contributed by atoms with Crippen LogP contribution < -0.4 is 10.1 Å². The Hall–Kier alpha value is -3.19. The van der Waals surface area contributed by atoms with Crippen molar-refractivity contribution in [3.8, 4) is 17.1 Å². The average Bonchev–Trinajstić information content (AvgIpc) is 3.14. The summed E-state index contributed by atoms with van der Waals surface area (Å²) in [5.74, 6) is 1.05. The predicted molar refractivity (Wildman–Crippen MR) is 111 cm³/mol. The minimum atomic E-state index is -0.111. The van der Waals surface area contributed by atoms with Gasteiger partial charge in [0.15, 0.2) is 0 Å². The molecule has 7 nitrogen and oxygen atoms in total. The number of nitrogens with zero attached hydrogens (tertiary/aromatic N) is 2. The summed E-state index contributed by atoms with van der Waals surface area (Å²) in [6, 6.07) is 13.5. The molecule has 156 valence electrons. The third-order valence-corrected chi connectivity index (χ3v) is 5.26. The van der Waals surface area contributed by atoms with Crippen LogP contribution in [0.1, 0.15) is 40.2 Å². The molecule has 1 amide bonds. The Morgan fingerprint density at radius 1 is 1.13 bits per heavy atom. The lowest BCUT2D eigenvalue weighted by Gasteiger charge is -2.23. The van der Waals surface area contributed by atoms with Crippen LogP contribution in [0.2, 0.25) is 0 Å². The van der Waals surface area contributed by atoms with Gasteiger partial charge in [0.05, 0.1) is 16.8 Å². The van der Waals surface area contributed by atoms with Crippen molar-refractivity contribution in [2.45, 2.75) is 39.3 Å². The van der Waals surface area contributed by atoms with Crippen LogP contribution in [-0.2, 0) is 11.3 Å². The van der Waals surface area contributed by atoms with Crippen LogP contribution in [0.25, 0.3) is 11.3 Å². The lowest BCUT2D eigenvalue weighted by molar-refractivity contribution is 0.0696. The van der Waals surface area contributed by atoms with Crippen LogP contribution in [0.3, 0.4) is 0 Å². The molecule has 7 heteroatoms. The monoisotopic (exact) mass is 407 g/mol. The summed E-state index contributed by atoms with van der Waals surface area (Å²) >= 11 is 0. The van der Waals surface area contributed by atoms with Crippen LogP contribution >= 0.6 is 0 Å². The summed E-state index contributed by atoms with van der Waals surface area (Å²) in [5, 5.41) is 7.23. The first-order chi connectivity index (χ1) is 14.6. The van der Waals surface area contributed by atoms with Crippen LogP contribution in [-0.4, -0.2) is 35.3 Å². The number of nitrogens with one attached hydrogen (secondary N) is 1. The maximum absolute atomic E-state index is 12.6. The number of benzene rings is 1. The summed E-state index contributed by atoms with van der Waals surface area (Å²) in [5.41, 5.74) is 3.79. The molecule has 0 aliphatic carbocycles. The molecule has 0 bridgehead atoms. The standard InChI is InChI=1S/C23H25N3O4/c1-15-19(23(27)25-18-10-12-28-13-11-18)8-9-21(24-15)29-14-20-16(2)30-26-22(20)17-6-4-3-5-7-17/h3-9,18H,10-14H2,1-2H3,(H,25,27). The number of hydrogen-bond acceptors (Lipinski definition) is 6. The van der Waals surface area contributed by atoms with E-state index in [4.69, 9.17) is 14.0 Å². The Kier molecular flexibility index (Phi) is 6.09. The van der Waals surface area contributed by atoms with Gasteiger partial charge in [-0.2, -0.15) is 0 Å². The van der Waals surface area contributed by atoms with Gasteiger partial charge in [0.2, 0.25) is 5.88 Å². The van der Waals surface area contributed by atoms with Crippen LogP contribution in [0.15, 0.2) is 47.0 Å². The molecule has 1 aromatic carbocycles. The Balaban J connectivity index is 1.43. The third-order valence-electron chi connectivity index (χ3n) is 5.26. The Bertz CT molecular complexity index is 1010. The van der Waals surface area contributed by atoms with Gasteiger partial charge in [0.1, 0.15) is 18.1 Å². The molecule has 0 spiro atoms. The van der Waals surface area contributed by atoms with E-state index in [2.05, 4.69) is 15.5 Å². The molecule has 30 heavy (non-hydrogen) atoms. The number of hydrogen-bond donors (Lipinski definition) is 1. The number of rotatable bonds is 6. The molecule has 0 atom stereocenters. The highest BCUT2D eigenvalue weighted by Gasteiger charge is 2.19. The molecule has 1 aliphatic rings. The molecule has 0 radical (unpaired) electrons. The van der Waals surface area contributed by atoms with Crippen molar-refractivity contribution >= 4 is 5.91 Å². The van der Waals surface area contributed by atoms with E-state index in [0.717, 1.165) is 29.7 Å². The van der Waals surface area contributed by atoms with E-state index >= 15 is 0 Å². The summed E-state index contributed by atoms with van der Waals surface area (Å²) in [6.45, 7) is 5.32. The topological polar surface area (TPSA) is 86.5 Å². The molecule has 0 saturated carbocycles. The average molecular weight is 407 g/mol. The molecule has 2 aromatic heterocycles. The van der Waals surface area contributed by atoms with Gasteiger partial charge in [0, 0.05) is 30.9 Å². The van der Waals surface area contributed by atoms with Crippen LogP contribution in [0, 0.1) is 13.8 Å². The van der Waals surface area contributed by atoms with E-state index in [-0.39, 0.29) is 18.6 Å². The zero-order valence-corrected chi connectivity index (χ0v) is 17.2. The highest BCUT2D eigenvalue weighted by Crippen LogP contribution is 2.26. The summed E-state index contributed by atoms with van der Waals surface area (Å²) in [6.07, 6.45) is 1.67. The van der Waals surface area contributed by atoms with E-state index in [9.17, 15) is 4.79 Å². The number of ether oxygens (including phenoxy) is 2. The van der Waals surface area contributed by atoms with Gasteiger partial charge >= 0.3 is 0 Å². The van der Waals surface area contributed by atoms with Crippen molar-refractivity contribution in [3.05, 3.63) is 65.0 Å². The summed E-state index contributed by atoms with van der Waals surface area (Å²) in [7, 11) is 0. The van der Waals surface area contributed by atoms with Crippen LogP contribution in [0.5, 0.6) is 5.88 Å². The van der Waals surface area contributed by atoms with E-state index in [1.165, 1.54) is 0 Å². The highest BCUT2D eigenvalue weighted by molar-refractivity contribution is 5.95. The first kappa shape index (κ1) is 20.1. The lowest BCUT2D eigenvalue weighted by atomic mass is 10.1. The zero-order valence-electron chi connectivity index (χ0n) is 17.2. The number of aryl methyl sites for hydroxylation is 2. The van der Waals surface area contributed by atoms with Gasteiger partial charge in [-0.15, -0.1) is 0 Å². The second-order valence-corrected chi connectivity index (χ2v) is 7.36. The molecule has 1 saturated heterocycles. The molecule has 4 rings (SSSR count). The molecule has 1 aliphatic heterocycles. The molecule has 3 heterocycles. The van der Waals surface area contributed by atoms with E-state index < -0.39 is 0 Å². The molecule has 0 unspecified atom stereocenters. The smallest absolute Gasteiger partial charge is 0.253 e. The zero-order chi connectivity index (χ0) is 20.9. The van der Waals surface area contributed by atoms with Crippen molar-refractivity contribution in [1.82, 2.24) is 15.5 Å². The van der Waals surface area contributed by atoms with Crippen molar-refractivity contribution in [3.63, 3.8) is 0 Å². The predicted octanol–water partition coefficient (Wildman–Crippen LogP) is 3.84. The molecular formula is C23H25N3O4.